The number of rotatable bonds is 9. The zero-order valence-electron chi connectivity index (χ0n) is 21.3. The highest BCUT2D eigenvalue weighted by molar-refractivity contribution is 5.27. The molecule has 1 saturated heterocycles. The van der Waals surface area contributed by atoms with Gasteiger partial charge in [0, 0.05) is 30.6 Å². The van der Waals surface area contributed by atoms with Crippen LogP contribution in [0.4, 0.5) is 0 Å². The number of ether oxygens (including phenoxy) is 2. The second-order valence-electron chi connectivity index (χ2n) is 9.80. The van der Waals surface area contributed by atoms with Crippen LogP contribution in [0.15, 0.2) is 78.9 Å². The van der Waals surface area contributed by atoms with E-state index in [0.717, 1.165) is 27.8 Å². The number of hydrogen-bond acceptors (Lipinski definition) is 6. The fourth-order valence-corrected chi connectivity index (χ4v) is 4.76. The van der Waals surface area contributed by atoms with E-state index in [1.807, 2.05) is 92.8 Å². The Morgan fingerprint density at radius 1 is 0.889 bits per heavy atom. The lowest BCUT2D eigenvalue weighted by Gasteiger charge is -2.43. The van der Waals surface area contributed by atoms with Crippen LogP contribution in [-0.2, 0) is 22.6 Å². The molecular formula is C30H38N2O4. The average molecular weight is 491 g/mol. The minimum atomic E-state index is -0.604. The number of hydrogen-bond donors (Lipinski definition) is 3. The molecule has 3 aromatic carbocycles. The van der Waals surface area contributed by atoms with Gasteiger partial charge in [0.15, 0.2) is 6.29 Å². The molecule has 6 atom stereocenters. The summed E-state index contributed by atoms with van der Waals surface area (Å²) < 4.78 is 13.1. The third-order valence-corrected chi connectivity index (χ3v) is 7.37. The van der Waals surface area contributed by atoms with Crippen LogP contribution in [0.2, 0.25) is 0 Å². The van der Waals surface area contributed by atoms with Crippen molar-refractivity contribution in [1.29, 1.82) is 0 Å². The molecule has 0 radical (unpaired) electrons. The summed E-state index contributed by atoms with van der Waals surface area (Å²) in [7, 11) is 2.03. The van der Waals surface area contributed by atoms with Gasteiger partial charge in [-0.3, -0.25) is 4.90 Å². The lowest BCUT2D eigenvalue weighted by Crippen LogP contribution is -2.46. The molecule has 3 aromatic rings. The summed E-state index contributed by atoms with van der Waals surface area (Å²) in [6.07, 6.45) is -1.44. The second-order valence-corrected chi connectivity index (χ2v) is 9.80. The number of nitrogens with two attached hydrogens (primary N) is 1. The van der Waals surface area contributed by atoms with E-state index in [2.05, 4.69) is 11.8 Å². The van der Waals surface area contributed by atoms with Gasteiger partial charge in [0.1, 0.15) is 0 Å². The maximum atomic E-state index is 11.0. The molecule has 1 aliphatic rings. The van der Waals surface area contributed by atoms with Crippen LogP contribution in [0, 0.1) is 5.92 Å². The summed E-state index contributed by atoms with van der Waals surface area (Å²) in [6, 6.07) is 25.6. The maximum Gasteiger partial charge on any atom is 0.184 e. The predicted molar refractivity (Wildman–Crippen MR) is 141 cm³/mol. The molecule has 36 heavy (non-hydrogen) atoms. The third-order valence-electron chi connectivity index (χ3n) is 7.37. The lowest BCUT2D eigenvalue weighted by molar-refractivity contribution is -0.276. The number of aliphatic hydroxyl groups is 2. The van der Waals surface area contributed by atoms with Crippen molar-refractivity contribution in [1.82, 2.24) is 4.90 Å². The summed E-state index contributed by atoms with van der Waals surface area (Å²) in [5.41, 5.74) is 10.6. The zero-order valence-corrected chi connectivity index (χ0v) is 21.3. The third kappa shape index (κ3) is 6.03. The quantitative estimate of drug-likeness (QED) is 0.410. The van der Waals surface area contributed by atoms with E-state index in [-0.39, 0.29) is 30.8 Å². The van der Waals surface area contributed by atoms with Crippen LogP contribution >= 0.6 is 0 Å². The summed E-state index contributed by atoms with van der Waals surface area (Å²) in [5, 5.41) is 20.4. The summed E-state index contributed by atoms with van der Waals surface area (Å²) in [5.74, 6) is 0.0630. The first-order valence-corrected chi connectivity index (χ1v) is 12.6. The highest BCUT2D eigenvalue weighted by atomic mass is 16.7. The molecule has 1 heterocycles. The largest absolute Gasteiger partial charge is 0.392 e. The predicted octanol–water partition coefficient (Wildman–Crippen LogP) is 4.48. The molecule has 0 saturated carbocycles. The molecule has 0 aliphatic carbocycles. The van der Waals surface area contributed by atoms with E-state index in [4.69, 9.17) is 15.2 Å². The van der Waals surface area contributed by atoms with Gasteiger partial charge >= 0.3 is 0 Å². The Labute approximate surface area is 214 Å². The fourth-order valence-electron chi connectivity index (χ4n) is 4.76. The molecular weight excluding hydrogens is 452 g/mol. The number of aliphatic hydroxyl groups excluding tert-OH is 2. The Hall–Kier alpha value is -2.58. The van der Waals surface area contributed by atoms with E-state index >= 15 is 0 Å². The van der Waals surface area contributed by atoms with Crippen molar-refractivity contribution in [3.05, 3.63) is 107 Å². The molecule has 6 heteroatoms. The molecule has 0 amide bonds. The smallest absolute Gasteiger partial charge is 0.184 e. The van der Waals surface area contributed by atoms with Crippen molar-refractivity contribution >= 4 is 0 Å². The molecule has 1 aliphatic heterocycles. The van der Waals surface area contributed by atoms with Crippen LogP contribution in [-0.4, -0.2) is 40.9 Å². The average Bonchev–Trinajstić information content (AvgIpc) is 2.93. The fraction of sp³-hybridized carbons (Fsp3) is 0.400. The standard InChI is InChI=1S/C30H38N2O4/c1-20-27(18-32(3)21(2)28(34)24-7-5-4-6-8-24)35-30(26-15-9-22(17-31)10-16-26)36-29(20)25-13-11-23(19-33)12-14-25/h4-16,20-21,27-30,33-34H,17-19,31H2,1-3H3/t20-,21+,27+,28+,29+,30+/m0/s1. The Kier molecular flexibility index (Phi) is 8.90. The summed E-state index contributed by atoms with van der Waals surface area (Å²) in [4.78, 5) is 2.16. The highest BCUT2D eigenvalue weighted by Crippen LogP contribution is 2.42. The van der Waals surface area contributed by atoms with Gasteiger partial charge < -0.3 is 25.4 Å². The number of nitrogens with zero attached hydrogens (tertiary/aromatic N) is 1. The highest BCUT2D eigenvalue weighted by Gasteiger charge is 2.39. The molecule has 192 valence electrons. The molecule has 0 aromatic heterocycles. The van der Waals surface area contributed by atoms with Crippen molar-refractivity contribution in [3.63, 3.8) is 0 Å². The van der Waals surface area contributed by atoms with E-state index in [1.165, 1.54) is 0 Å². The molecule has 0 spiro atoms. The monoisotopic (exact) mass is 490 g/mol. The first-order valence-electron chi connectivity index (χ1n) is 12.6. The minimum Gasteiger partial charge on any atom is -0.392 e. The van der Waals surface area contributed by atoms with Gasteiger partial charge in [-0.25, -0.2) is 0 Å². The number of likely N-dealkylation sites (N-methyl/N-ethyl adjacent to an activating group) is 1. The molecule has 1 fully saturated rings. The van der Waals surface area contributed by atoms with E-state index in [9.17, 15) is 10.2 Å². The SMILES string of the molecule is C[C@H]1[C@@H](CN(C)[C@H](C)[C@@H](O)c2ccccc2)O[C@@H](c2ccc(CN)cc2)O[C@H]1c1ccc(CO)cc1. The van der Waals surface area contributed by atoms with Gasteiger partial charge in [-0.05, 0) is 36.2 Å². The summed E-state index contributed by atoms with van der Waals surface area (Å²) >= 11 is 0. The Morgan fingerprint density at radius 3 is 2.11 bits per heavy atom. The van der Waals surface area contributed by atoms with Gasteiger partial charge in [0.05, 0.1) is 24.9 Å². The van der Waals surface area contributed by atoms with Gasteiger partial charge in [-0.1, -0.05) is 85.8 Å². The van der Waals surface area contributed by atoms with Crippen LogP contribution < -0.4 is 5.73 Å². The Bertz CT molecular complexity index is 1070. The van der Waals surface area contributed by atoms with Gasteiger partial charge in [-0.2, -0.15) is 0 Å². The first kappa shape index (κ1) is 26.5. The van der Waals surface area contributed by atoms with E-state index < -0.39 is 12.4 Å². The first-order chi connectivity index (χ1) is 17.4. The van der Waals surface area contributed by atoms with Gasteiger partial charge in [-0.15, -0.1) is 0 Å². The minimum absolute atomic E-state index is 0.00956. The van der Waals surface area contributed by atoms with Crippen LogP contribution in [0.25, 0.3) is 0 Å². The Balaban J connectivity index is 1.56. The Morgan fingerprint density at radius 2 is 1.50 bits per heavy atom. The van der Waals surface area contributed by atoms with Crippen LogP contribution in [0.5, 0.6) is 0 Å². The molecule has 6 nitrogen and oxygen atoms in total. The normalized spacial score (nSPS) is 24.0. The van der Waals surface area contributed by atoms with Crippen LogP contribution in [0.1, 0.15) is 60.2 Å². The van der Waals surface area contributed by atoms with Crippen molar-refractivity contribution in [3.8, 4) is 0 Å². The van der Waals surface area contributed by atoms with Crippen molar-refractivity contribution in [2.24, 2.45) is 11.7 Å². The number of benzene rings is 3. The second kappa shape index (κ2) is 12.1. The lowest BCUT2D eigenvalue weighted by atomic mass is 9.89. The molecule has 4 rings (SSSR count). The van der Waals surface area contributed by atoms with Gasteiger partial charge in [0.25, 0.3) is 0 Å². The van der Waals surface area contributed by atoms with Crippen molar-refractivity contribution in [2.75, 3.05) is 13.6 Å². The molecule has 0 bridgehead atoms. The van der Waals surface area contributed by atoms with E-state index in [0.29, 0.717) is 13.1 Å². The van der Waals surface area contributed by atoms with Gasteiger partial charge in [0.2, 0.25) is 0 Å². The molecule has 4 N–H and O–H groups in total. The van der Waals surface area contributed by atoms with E-state index in [1.54, 1.807) is 0 Å². The maximum absolute atomic E-state index is 11.0. The van der Waals surface area contributed by atoms with Crippen molar-refractivity contribution < 1.29 is 19.7 Å². The molecule has 0 unspecified atom stereocenters. The summed E-state index contributed by atoms with van der Waals surface area (Å²) in [6.45, 7) is 5.32. The van der Waals surface area contributed by atoms with Crippen LogP contribution in [0.3, 0.4) is 0 Å². The van der Waals surface area contributed by atoms with Crippen molar-refractivity contribution in [2.45, 2.75) is 57.6 Å². The zero-order chi connectivity index (χ0) is 25.7. The topological polar surface area (TPSA) is 88.2 Å².